The van der Waals surface area contributed by atoms with Crippen molar-refractivity contribution < 1.29 is 0 Å². The van der Waals surface area contributed by atoms with Gasteiger partial charge in [0, 0.05) is 30.1 Å². The number of fused-ring (bicyclic) bond motifs is 1. The molecule has 0 fully saturated rings. The molecule has 2 rings (SSSR count). The molecule has 0 atom stereocenters. The number of aromatic nitrogens is 1. The molecule has 3 heteroatoms. The number of anilines is 2. The molecule has 3 N–H and O–H groups in total. The topological polar surface area (TPSA) is 50.9 Å². The Labute approximate surface area is 64.9 Å². The Morgan fingerprint density at radius 3 is 3.36 bits per heavy atom. The maximum atomic E-state index is 5.51. The minimum atomic E-state index is 0.562. The second-order valence-electron chi connectivity index (χ2n) is 2.48. The predicted octanol–water partition coefficient (Wildman–Crippen LogP) is 1.10. The maximum absolute atomic E-state index is 5.51. The van der Waals surface area contributed by atoms with Gasteiger partial charge in [0.1, 0.15) is 5.82 Å². The molecular formula is C8H9N3. The van der Waals surface area contributed by atoms with Crippen LogP contribution in [0.15, 0.2) is 18.3 Å². The summed E-state index contributed by atoms with van der Waals surface area (Å²) >= 11 is 0. The highest BCUT2D eigenvalue weighted by Gasteiger charge is 2.02. The van der Waals surface area contributed by atoms with Crippen LogP contribution in [0.25, 0.3) is 6.08 Å². The molecule has 3 nitrogen and oxygen atoms in total. The maximum Gasteiger partial charge on any atom is 0.125 e. The zero-order chi connectivity index (χ0) is 7.68. The zero-order valence-electron chi connectivity index (χ0n) is 6.04. The van der Waals surface area contributed by atoms with Crippen molar-refractivity contribution in [3.8, 4) is 0 Å². The highest BCUT2D eigenvalue weighted by atomic mass is 14.9. The van der Waals surface area contributed by atoms with Crippen LogP contribution in [0, 0.1) is 0 Å². The van der Waals surface area contributed by atoms with Crippen molar-refractivity contribution in [3.63, 3.8) is 0 Å². The van der Waals surface area contributed by atoms with Gasteiger partial charge >= 0.3 is 0 Å². The molecule has 1 aliphatic heterocycles. The van der Waals surface area contributed by atoms with Gasteiger partial charge in [0.15, 0.2) is 0 Å². The molecular weight excluding hydrogens is 138 g/mol. The Kier molecular flexibility index (Phi) is 1.28. The summed E-state index contributed by atoms with van der Waals surface area (Å²) in [6.07, 6.45) is 5.87. The Balaban J connectivity index is 2.53. The van der Waals surface area contributed by atoms with Gasteiger partial charge in [0.05, 0.1) is 0 Å². The second-order valence-corrected chi connectivity index (χ2v) is 2.48. The smallest absolute Gasteiger partial charge is 0.125 e. The van der Waals surface area contributed by atoms with Crippen LogP contribution in [0.3, 0.4) is 0 Å². The van der Waals surface area contributed by atoms with Crippen molar-refractivity contribution >= 4 is 17.6 Å². The highest BCUT2D eigenvalue weighted by molar-refractivity contribution is 5.71. The number of nitrogens with one attached hydrogen (secondary N) is 1. The molecule has 0 spiro atoms. The van der Waals surface area contributed by atoms with Crippen LogP contribution in [0.1, 0.15) is 5.56 Å². The molecule has 1 aromatic rings. The lowest BCUT2D eigenvalue weighted by Gasteiger charge is -2.11. The lowest BCUT2D eigenvalue weighted by molar-refractivity contribution is 1.26. The summed E-state index contributed by atoms with van der Waals surface area (Å²) in [7, 11) is 0. The van der Waals surface area contributed by atoms with E-state index in [0.717, 1.165) is 17.8 Å². The fourth-order valence-electron chi connectivity index (χ4n) is 1.12. The standard InChI is InChI=1S/C8H9N3/c9-8-4-7-6(5-11-8)2-1-3-10-7/h1-2,4-5,10H,3H2,(H2,9,11). The predicted molar refractivity (Wildman–Crippen MR) is 46.2 cm³/mol. The molecule has 1 aliphatic rings. The number of rotatable bonds is 0. The van der Waals surface area contributed by atoms with Gasteiger partial charge in [-0.15, -0.1) is 0 Å². The third-order valence-corrected chi connectivity index (χ3v) is 1.66. The van der Waals surface area contributed by atoms with Gasteiger partial charge in [-0.3, -0.25) is 0 Å². The molecule has 0 aliphatic carbocycles. The van der Waals surface area contributed by atoms with Crippen molar-refractivity contribution in [1.29, 1.82) is 0 Å². The van der Waals surface area contributed by atoms with Crippen LogP contribution in [0.5, 0.6) is 0 Å². The van der Waals surface area contributed by atoms with E-state index in [-0.39, 0.29) is 0 Å². The quantitative estimate of drug-likeness (QED) is 0.577. The molecule has 11 heavy (non-hydrogen) atoms. The summed E-state index contributed by atoms with van der Waals surface area (Å²) in [5.74, 6) is 0.562. The van der Waals surface area contributed by atoms with E-state index in [0.29, 0.717) is 5.82 Å². The van der Waals surface area contributed by atoms with Gasteiger partial charge in [0.2, 0.25) is 0 Å². The molecule has 0 aromatic carbocycles. The Hall–Kier alpha value is -1.51. The van der Waals surface area contributed by atoms with Crippen LogP contribution in [-0.4, -0.2) is 11.5 Å². The molecule has 56 valence electrons. The number of hydrogen-bond donors (Lipinski definition) is 2. The van der Waals surface area contributed by atoms with Gasteiger partial charge in [-0.05, 0) is 0 Å². The van der Waals surface area contributed by atoms with Gasteiger partial charge in [0.25, 0.3) is 0 Å². The molecule has 0 radical (unpaired) electrons. The Morgan fingerprint density at radius 1 is 1.55 bits per heavy atom. The van der Waals surface area contributed by atoms with Crippen molar-refractivity contribution in [1.82, 2.24) is 4.98 Å². The van der Waals surface area contributed by atoms with Crippen molar-refractivity contribution in [2.45, 2.75) is 0 Å². The van der Waals surface area contributed by atoms with Crippen molar-refractivity contribution in [2.24, 2.45) is 0 Å². The molecule has 0 bridgehead atoms. The largest absolute Gasteiger partial charge is 0.384 e. The van der Waals surface area contributed by atoms with Gasteiger partial charge < -0.3 is 11.1 Å². The number of pyridine rings is 1. The SMILES string of the molecule is Nc1cc2c(cn1)C=CCN2. The zero-order valence-corrected chi connectivity index (χ0v) is 6.04. The summed E-state index contributed by atoms with van der Waals surface area (Å²) in [6.45, 7) is 0.871. The van der Waals surface area contributed by atoms with Crippen LogP contribution in [0.2, 0.25) is 0 Å². The van der Waals surface area contributed by atoms with E-state index in [1.165, 1.54) is 0 Å². The van der Waals surface area contributed by atoms with Gasteiger partial charge in [-0.25, -0.2) is 4.98 Å². The lowest BCUT2D eigenvalue weighted by atomic mass is 10.1. The average Bonchev–Trinajstić information content (AvgIpc) is 2.04. The lowest BCUT2D eigenvalue weighted by Crippen LogP contribution is -2.05. The van der Waals surface area contributed by atoms with Gasteiger partial charge in [-0.2, -0.15) is 0 Å². The Morgan fingerprint density at radius 2 is 2.45 bits per heavy atom. The third-order valence-electron chi connectivity index (χ3n) is 1.66. The van der Waals surface area contributed by atoms with Crippen LogP contribution in [-0.2, 0) is 0 Å². The normalized spacial score (nSPS) is 13.8. The first-order valence-electron chi connectivity index (χ1n) is 3.52. The van der Waals surface area contributed by atoms with Crippen LogP contribution >= 0.6 is 0 Å². The van der Waals surface area contributed by atoms with Crippen LogP contribution in [0.4, 0.5) is 11.5 Å². The number of nitrogens with zero attached hydrogens (tertiary/aromatic N) is 1. The van der Waals surface area contributed by atoms with Crippen LogP contribution < -0.4 is 11.1 Å². The first-order chi connectivity index (χ1) is 5.36. The molecule has 0 unspecified atom stereocenters. The molecule has 1 aromatic heterocycles. The Bertz CT molecular complexity index is 304. The van der Waals surface area contributed by atoms with E-state index in [4.69, 9.17) is 5.73 Å². The molecule has 0 amide bonds. The summed E-state index contributed by atoms with van der Waals surface area (Å²) in [5.41, 5.74) is 7.68. The number of hydrogen-bond acceptors (Lipinski definition) is 3. The summed E-state index contributed by atoms with van der Waals surface area (Å²) in [5, 5.41) is 3.20. The summed E-state index contributed by atoms with van der Waals surface area (Å²) in [4.78, 5) is 3.98. The molecule has 0 saturated carbocycles. The minimum Gasteiger partial charge on any atom is -0.384 e. The number of nitrogens with two attached hydrogens (primary N) is 1. The van der Waals surface area contributed by atoms with E-state index in [9.17, 15) is 0 Å². The summed E-state index contributed by atoms with van der Waals surface area (Å²) in [6, 6.07) is 1.85. The fourth-order valence-corrected chi connectivity index (χ4v) is 1.12. The molecule has 0 saturated heterocycles. The first-order valence-corrected chi connectivity index (χ1v) is 3.52. The third kappa shape index (κ3) is 1.05. The first kappa shape index (κ1) is 6.22. The van der Waals surface area contributed by atoms with E-state index < -0.39 is 0 Å². The minimum absolute atomic E-state index is 0.562. The second kappa shape index (κ2) is 2.27. The van der Waals surface area contributed by atoms with Gasteiger partial charge in [-0.1, -0.05) is 12.2 Å². The summed E-state index contributed by atoms with van der Waals surface area (Å²) < 4.78 is 0. The fraction of sp³-hybridized carbons (Fsp3) is 0.125. The van der Waals surface area contributed by atoms with E-state index in [1.54, 1.807) is 6.20 Å². The van der Waals surface area contributed by atoms with E-state index >= 15 is 0 Å². The van der Waals surface area contributed by atoms with Crippen molar-refractivity contribution in [2.75, 3.05) is 17.6 Å². The van der Waals surface area contributed by atoms with E-state index in [2.05, 4.69) is 16.4 Å². The average molecular weight is 147 g/mol. The highest BCUT2D eigenvalue weighted by Crippen LogP contribution is 2.20. The number of nitrogen functional groups attached to an aromatic ring is 1. The van der Waals surface area contributed by atoms with Crippen molar-refractivity contribution in [3.05, 3.63) is 23.9 Å². The monoisotopic (exact) mass is 147 g/mol. The van der Waals surface area contributed by atoms with E-state index in [1.807, 2.05) is 12.1 Å². The molecule has 2 heterocycles.